The van der Waals surface area contributed by atoms with Gasteiger partial charge in [-0.3, -0.25) is 10.6 Å². The average molecular weight is 196 g/mol. The number of hydrazine groups is 1. The summed E-state index contributed by atoms with van der Waals surface area (Å²) in [4.78, 5) is 10.8. The summed E-state index contributed by atoms with van der Waals surface area (Å²) in [5.74, 6) is 2.34. The maximum absolute atomic E-state index is 12.0. The maximum atomic E-state index is 12.0. The molecule has 1 aliphatic rings. The van der Waals surface area contributed by atoms with Gasteiger partial charge in [0.1, 0.15) is 0 Å². The summed E-state index contributed by atoms with van der Waals surface area (Å²) >= 11 is 0. The third-order valence-corrected chi connectivity index (χ3v) is 2.26. The van der Waals surface area contributed by atoms with Crippen LogP contribution in [-0.2, 0) is 4.79 Å². The normalized spacial score (nSPS) is 30.8. The number of hydrogen-bond acceptors (Lipinski definition) is 3. The van der Waals surface area contributed by atoms with Gasteiger partial charge in [0.25, 0.3) is 0 Å². The van der Waals surface area contributed by atoms with Crippen LogP contribution in [0.5, 0.6) is 0 Å². The molecule has 0 aliphatic carbocycles. The Labute approximate surface area is 73.7 Å². The molecule has 0 spiro atoms. The van der Waals surface area contributed by atoms with Gasteiger partial charge in [-0.05, 0) is 5.92 Å². The molecule has 0 bridgehead atoms. The summed E-state index contributed by atoms with van der Waals surface area (Å²) in [6.45, 7) is 1.94. The minimum absolute atomic E-state index is 0.000486. The van der Waals surface area contributed by atoms with Crippen molar-refractivity contribution in [1.82, 2.24) is 5.01 Å². The number of hydrogen-bond donors (Lipinski definition) is 1. The fourth-order valence-corrected chi connectivity index (χ4v) is 1.56. The molecular weight excluding hydrogens is 185 g/mol. The number of rotatable bonds is 1. The molecule has 76 valence electrons. The monoisotopic (exact) mass is 196 g/mol. The number of alkyl halides is 3. The van der Waals surface area contributed by atoms with Crippen molar-refractivity contribution in [3.05, 3.63) is 0 Å². The van der Waals surface area contributed by atoms with E-state index in [1.54, 1.807) is 6.92 Å². The highest BCUT2D eigenvalue weighted by molar-refractivity contribution is 5.87. The second-order valence-corrected chi connectivity index (χ2v) is 3.40. The lowest BCUT2D eigenvalue weighted by molar-refractivity contribution is -0.176. The molecular formula is C7H11F3N2O. The van der Waals surface area contributed by atoms with Crippen molar-refractivity contribution in [2.45, 2.75) is 13.1 Å². The summed E-state index contributed by atoms with van der Waals surface area (Å²) < 4.78 is 36.0. The van der Waals surface area contributed by atoms with Crippen molar-refractivity contribution < 1.29 is 18.0 Å². The lowest BCUT2D eigenvalue weighted by Gasteiger charge is -2.14. The van der Waals surface area contributed by atoms with Gasteiger partial charge in [0.2, 0.25) is 5.78 Å². The summed E-state index contributed by atoms with van der Waals surface area (Å²) in [5, 5.41) is 1.25. The quantitative estimate of drug-likeness (QED) is 0.623. The van der Waals surface area contributed by atoms with Gasteiger partial charge < -0.3 is 0 Å². The lowest BCUT2D eigenvalue weighted by atomic mass is 9.93. The van der Waals surface area contributed by atoms with E-state index < -0.39 is 17.9 Å². The fourth-order valence-electron chi connectivity index (χ4n) is 1.56. The number of Topliss-reactive ketones (excluding diaryl/α,β-unsaturated/α-hetero) is 1. The molecule has 0 radical (unpaired) electrons. The van der Waals surface area contributed by atoms with Gasteiger partial charge in [0, 0.05) is 19.0 Å². The molecule has 0 aromatic heterocycles. The first-order valence-corrected chi connectivity index (χ1v) is 3.93. The second kappa shape index (κ2) is 3.26. The van der Waals surface area contributed by atoms with E-state index in [9.17, 15) is 18.0 Å². The van der Waals surface area contributed by atoms with Crippen LogP contribution in [0.25, 0.3) is 0 Å². The predicted octanol–water partition coefficient (Wildman–Crippen LogP) is 0.559. The number of nitrogens with zero attached hydrogens (tertiary/aromatic N) is 1. The molecule has 0 amide bonds. The van der Waals surface area contributed by atoms with E-state index in [-0.39, 0.29) is 12.5 Å². The standard InChI is InChI=1S/C7H11F3N2O/c1-4-2-12(11)3-5(4)6(13)7(8,9)10/h4-5H,2-3,11H2,1H3/t4-,5-/m1/s1. The number of halogens is 3. The Hall–Kier alpha value is -0.620. The summed E-state index contributed by atoms with van der Waals surface area (Å²) in [5.41, 5.74) is 0. The van der Waals surface area contributed by atoms with Crippen molar-refractivity contribution in [3.8, 4) is 0 Å². The molecule has 2 N–H and O–H groups in total. The zero-order valence-electron chi connectivity index (χ0n) is 7.14. The van der Waals surface area contributed by atoms with Crippen LogP contribution in [0.3, 0.4) is 0 Å². The van der Waals surface area contributed by atoms with E-state index in [1.807, 2.05) is 0 Å². The fraction of sp³-hybridized carbons (Fsp3) is 0.857. The number of ketones is 1. The van der Waals surface area contributed by atoms with Gasteiger partial charge in [-0.2, -0.15) is 13.2 Å². The van der Waals surface area contributed by atoms with Crippen molar-refractivity contribution in [1.29, 1.82) is 0 Å². The first kappa shape index (κ1) is 10.5. The predicted molar refractivity (Wildman–Crippen MR) is 39.5 cm³/mol. The van der Waals surface area contributed by atoms with Gasteiger partial charge in [0.15, 0.2) is 0 Å². The lowest BCUT2D eigenvalue weighted by Crippen LogP contribution is -2.35. The van der Waals surface area contributed by atoms with E-state index in [2.05, 4.69) is 0 Å². The molecule has 0 saturated carbocycles. The first-order valence-electron chi connectivity index (χ1n) is 3.93. The third kappa shape index (κ3) is 2.19. The van der Waals surface area contributed by atoms with Crippen molar-refractivity contribution in [2.75, 3.05) is 13.1 Å². The highest BCUT2D eigenvalue weighted by atomic mass is 19.4. The molecule has 1 heterocycles. The molecule has 2 atom stereocenters. The maximum Gasteiger partial charge on any atom is 0.450 e. The molecule has 3 nitrogen and oxygen atoms in total. The average Bonchev–Trinajstić information content (AvgIpc) is 2.26. The SMILES string of the molecule is C[C@@H]1CN(N)C[C@H]1C(=O)C(F)(F)F. The Bertz CT molecular complexity index is 216. The van der Waals surface area contributed by atoms with Crippen molar-refractivity contribution in [2.24, 2.45) is 17.7 Å². The summed E-state index contributed by atoms with van der Waals surface area (Å²) in [7, 11) is 0. The Balaban J connectivity index is 2.68. The molecule has 6 heteroatoms. The Morgan fingerprint density at radius 1 is 1.46 bits per heavy atom. The van der Waals surface area contributed by atoms with Crippen LogP contribution < -0.4 is 5.84 Å². The summed E-state index contributed by atoms with van der Waals surface area (Å²) in [6, 6.07) is 0. The molecule has 1 aliphatic heterocycles. The van der Waals surface area contributed by atoms with E-state index >= 15 is 0 Å². The van der Waals surface area contributed by atoms with Gasteiger partial charge in [0.05, 0.1) is 0 Å². The van der Waals surface area contributed by atoms with E-state index in [4.69, 9.17) is 5.84 Å². The van der Waals surface area contributed by atoms with Crippen LogP contribution in [0.15, 0.2) is 0 Å². The van der Waals surface area contributed by atoms with Gasteiger partial charge in [-0.25, -0.2) is 5.01 Å². The molecule has 0 aromatic carbocycles. The van der Waals surface area contributed by atoms with E-state index in [1.165, 1.54) is 5.01 Å². The molecule has 13 heavy (non-hydrogen) atoms. The molecule has 0 aromatic rings. The smallest absolute Gasteiger partial charge is 0.289 e. The third-order valence-electron chi connectivity index (χ3n) is 2.26. The number of carbonyl (C=O) groups is 1. The highest BCUT2D eigenvalue weighted by Gasteiger charge is 2.47. The van der Waals surface area contributed by atoms with Crippen molar-refractivity contribution in [3.63, 3.8) is 0 Å². The zero-order chi connectivity index (χ0) is 10.2. The summed E-state index contributed by atoms with van der Waals surface area (Å²) in [6.07, 6.45) is -4.73. The number of nitrogens with two attached hydrogens (primary N) is 1. The first-order chi connectivity index (χ1) is 5.82. The van der Waals surface area contributed by atoms with Gasteiger partial charge in [-0.1, -0.05) is 6.92 Å². The van der Waals surface area contributed by atoms with Crippen LogP contribution in [0.2, 0.25) is 0 Å². The molecule has 1 rings (SSSR count). The topological polar surface area (TPSA) is 46.3 Å². The van der Waals surface area contributed by atoms with Crippen LogP contribution in [0.4, 0.5) is 13.2 Å². The Morgan fingerprint density at radius 2 is 2.00 bits per heavy atom. The van der Waals surface area contributed by atoms with Crippen molar-refractivity contribution >= 4 is 5.78 Å². The highest BCUT2D eigenvalue weighted by Crippen LogP contribution is 2.29. The Kier molecular flexibility index (Phi) is 2.63. The van der Waals surface area contributed by atoms with Crippen LogP contribution in [0, 0.1) is 11.8 Å². The molecule has 1 saturated heterocycles. The molecule has 1 fully saturated rings. The molecule has 0 unspecified atom stereocenters. The second-order valence-electron chi connectivity index (χ2n) is 3.40. The van der Waals surface area contributed by atoms with E-state index in [0.29, 0.717) is 6.54 Å². The largest absolute Gasteiger partial charge is 0.450 e. The van der Waals surface area contributed by atoms with Crippen LogP contribution in [0.1, 0.15) is 6.92 Å². The Morgan fingerprint density at radius 3 is 2.31 bits per heavy atom. The zero-order valence-corrected chi connectivity index (χ0v) is 7.14. The van der Waals surface area contributed by atoms with Crippen LogP contribution in [-0.4, -0.2) is 30.1 Å². The number of carbonyl (C=O) groups excluding carboxylic acids is 1. The van der Waals surface area contributed by atoms with Gasteiger partial charge >= 0.3 is 6.18 Å². The van der Waals surface area contributed by atoms with E-state index in [0.717, 1.165) is 0 Å². The minimum atomic E-state index is -4.73. The van der Waals surface area contributed by atoms with Gasteiger partial charge in [-0.15, -0.1) is 0 Å². The van der Waals surface area contributed by atoms with Crippen LogP contribution >= 0.6 is 0 Å². The minimum Gasteiger partial charge on any atom is -0.289 e.